The average Bonchev–Trinajstić information content (AvgIpc) is 3.00. The van der Waals surface area contributed by atoms with Gasteiger partial charge in [-0.2, -0.15) is 13.2 Å². The number of hydrogen-bond donors (Lipinski definition) is 4. The number of halogens is 3. The number of aromatic nitrogens is 4. The Kier molecular flexibility index (Phi) is 13.3. The molecule has 2 aromatic heterocycles. The highest BCUT2D eigenvalue weighted by Crippen LogP contribution is 2.25. The largest absolute Gasteiger partial charge is 0.490 e. The van der Waals surface area contributed by atoms with Crippen LogP contribution in [0.1, 0.15) is 67.4 Å². The maximum Gasteiger partial charge on any atom is 0.490 e. The van der Waals surface area contributed by atoms with Gasteiger partial charge in [-0.25, -0.2) is 24.7 Å². The summed E-state index contributed by atoms with van der Waals surface area (Å²) in [6.07, 6.45) is 0.0835. The molecule has 0 aromatic carbocycles. The number of primary amides is 2. The zero-order chi connectivity index (χ0) is 35.5. The molecule has 258 valence electrons. The van der Waals surface area contributed by atoms with Gasteiger partial charge in [0.1, 0.15) is 41.3 Å². The summed E-state index contributed by atoms with van der Waals surface area (Å²) in [5, 5.41) is 16.0. The molecule has 2 fully saturated rings. The standard InChI is InChI=1S/C15H22N4O3.C11H14N4O3.C2HF3O2/c1-15(2,3)22-14(21)10-4-6-19(7-5-10)12-8-11(13(16)20)17-9-18-12;12-10(16)8-5-9(14-6-13-8)15-3-1-7(2-4-15)11(17)18;3-2(4,5)1(6)7/h8-10H,4-7H2,1-3H3,(H2,16,20);5-7H,1-4H2,(H2,12,16)(H,17,18);(H,6,7). The Balaban J connectivity index is 0.000000276. The lowest BCUT2D eigenvalue weighted by Gasteiger charge is -2.33. The third-order valence-electron chi connectivity index (χ3n) is 6.78. The van der Waals surface area contributed by atoms with E-state index < -0.39 is 35.5 Å². The first-order chi connectivity index (χ1) is 21.8. The third-order valence-corrected chi connectivity index (χ3v) is 6.78. The lowest BCUT2D eigenvalue weighted by molar-refractivity contribution is -0.192. The molecule has 0 saturated carbocycles. The first kappa shape index (κ1) is 38.1. The van der Waals surface area contributed by atoms with Crippen molar-refractivity contribution in [1.82, 2.24) is 19.9 Å². The maximum atomic E-state index is 12.1. The number of rotatable bonds is 6. The van der Waals surface area contributed by atoms with Crippen LogP contribution in [-0.4, -0.2) is 97.8 Å². The molecule has 2 aliphatic heterocycles. The van der Waals surface area contributed by atoms with Gasteiger partial charge in [0.2, 0.25) is 0 Å². The normalized spacial score (nSPS) is 15.7. The van der Waals surface area contributed by atoms with E-state index in [1.54, 1.807) is 6.07 Å². The Labute approximate surface area is 267 Å². The number of amides is 2. The van der Waals surface area contributed by atoms with Crippen molar-refractivity contribution in [1.29, 1.82) is 0 Å². The number of carbonyl (C=O) groups excluding carboxylic acids is 3. The molecule has 16 nitrogen and oxygen atoms in total. The van der Waals surface area contributed by atoms with Crippen molar-refractivity contribution in [3.05, 3.63) is 36.2 Å². The highest BCUT2D eigenvalue weighted by atomic mass is 19.4. The monoisotopic (exact) mass is 670 g/mol. The summed E-state index contributed by atoms with van der Waals surface area (Å²) in [4.78, 5) is 73.8. The number of alkyl halides is 3. The van der Waals surface area contributed by atoms with E-state index in [2.05, 4.69) is 19.9 Å². The van der Waals surface area contributed by atoms with Gasteiger partial charge in [-0.3, -0.25) is 19.2 Å². The number of carboxylic acids is 2. The Bertz CT molecular complexity index is 1420. The van der Waals surface area contributed by atoms with Crippen molar-refractivity contribution >= 4 is 41.4 Å². The molecule has 19 heteroatoms. The summed E-state index contributed by atoms with van der Waals surface area (Å²) in [6, 6.07) is 3.11. The van der Waals surface area contributed by atoms with Gasteiger partial charge in [-0.1, -0.05) is 0 Å². The fraction of sp³-hybridized carbons (Fsp3) is 0.536. The minimum absolute atomic E-state index is 0.0899. The topological polar surface area (TPSA) is 245 Å². The lowest BCUT2D eigenvalue weighted by Crippen LogP contribution is -2.39. The average molecular weight is 671 g/mol. The molecule has 47 heavy (non-hydrogen) atoms. The second-order valence-electron chi connectivity index (χ2n) is 11.4. The van der Waals surface area contributed by atoms with Crippen LogP contribution in [0.3, 0.4) is 0 Å². The molecule has 4 heterocycles. The van der Waals surface area contributed by atoms with E-state index in [0.717, 1.165) is 0 Å². The fourth-order valence-corrected chi connectivity index (χ4v) is 4.39. The van der Waals surface area contributed by atoms with Gasteiger partial charge in [-0.05, 0) is 46.5 Å². The molecule has 4 rings (SSSR count). The zero-order valence-electron chi connectivity index (χ0n) is 25.9. The van der Waals surface area contributed by atoms with Gasteiger partial charge >= 0.3 is 24.1 Å². The number of piperidine rings is 2. The van der Waals surface area contributed by atoms with Gasteiger partial charge in [0.05, 0.1) is 11.8 Å². The van der Waals surface area contributed by atoms with Crippen LogP contribution < -0.4 is 21.3 Å². The molecular formula is C28H37F3N8O8. The number of nitrogens with zero attached hydrogens (tertiary/aromatic N) is 6. The van der Waals surface area contributed by atoms with Gasteiger partial charge < -0.3 is 36.2 Å². The number of hydrogen-bond acceptors (Lipinski definition) is 12. The summed E-state index contributed by atoms with van der Waals surface area (Å²) in [7, 11) is 0. The summed E-state index contributed by atoms with van der Waals surface area (Å²) < 4.78 is 37.2. The second-order valence-corrected chi connectivity index (χ2v) is 11.4. The molecule has 0 spiro atoms. The second kappa shape index (κ2) is 16.5. The molecule has 6 N–H and O–H groups in total. The Morgan fingerprint density at radius 3 is 1.40 bits per heavy atom. The predicted molar refractivity (Wildman–Crippen MR) is 158 cm³/mol. The zero-order valence-corrected chi connectivity index (χ0v) is 25.9. The highest BCUT2D eigenvalue weighted by Gasteiger charge is 2.38. The van der Waals surface area contributed by atoms with Crippen molar-refractivity contribution < 1.29 is 52.1 Å². The summed E-state index contributed by atoms with van der Waals surface area (Å²) in [5.41, 5.74) is 10.3. The van der Waals surface area contributed by atoms with Gasteiger partial charge in [-0.15, -0.1) is 0 Å². The molecule has 2 amide bonds. The first-order valence-electron chi connectivity index (χ1n) is 14.3. The molecule has 0 radical (unpaired) electrons. The maximum absolute atomic E-state index is 12.1. The summed E-state index contributed by atoms with van der Waals surface area (Å²) in [6.45, 7) is 8.17. The quantitative estimate of drug-likeness (QED) is 0.319. The number of ether oxygens (including phenoxy) is 1. The molecule has 0 bridgehead atoms. The molecule has 2 aliphatic rings. The van der Waals surface area contributed by atoms with E-state index in [9.17, 15) is 32.3 Å². The van der Waals surface area contributed by atoms with Crippen LogP contribution in [0.4, 0.5) is 24.8 Å². The van der Waals surface area contributed by atoms with E-state index in [1.807, 2.05) is 30.6 Å². The van der Waals surface area contributed by atoms with Gasteiger partial charge in [0.25, 0.3) is 11.8 Å². The molecule has 0 unspecified atom stereocenters. The van der Waals surface area contributed by atoms with Gasteiger partial charge in [0.15, 0.2) is 0 Å². The Hall–Kier alpha value is -5.10. The van der Waals surface area contributed by atoms with Crippen LogP contribution in [0.15, 0.2) is 24.8 Å². The van der Waals surface area contributed by atoms with Crippen molar-refractivity contribution in [2.45, 2.75) is 58.2 Å². The summed E-state index contributed by atoms with van der Waals surface area (Å²) >= 11 is 0. The molecule has 2 aromatic rings. The third kappa shape index (κ3) is 12.7. The number of esters is 1. The van der Waals surface area contributed by atoms with Crippen LogP contribution in [0, 0.1) is 11.8 Å². The molecule has 0 atom stereocenters. The number of nitrogens with two attached hydrogens (primary N) is 2. The van der Waals surface area contributed by atoms with Crippen molar-refractivity contribution in [3.63, 3.8) is 0 Å². The van der Waals surface area contributed by atoms with Crippen LogP contribution in [-0.2, 0) is 19.1 Å². The number of aliphatic carboxylic acids is 2. The lowest BCUT2D eigenvalue weighted by atomic mass is 9.96. The van der Waals surface area contributed by atoms with E-state index in [0.29, 0.717) is 63.5 Å². The van der Waals surface area contributed by atoms with Crippen molar-refractivity contribution in [3.8, 4) is 0 Å². The number of carbonyl (C=O) groups is 5. The van der Waals surface area contributed by atoms with E-state index >= 15 is 0 Å². The smallest absolute Gasteiger partial charge is 0.481 e. The first-order valence-corrected chi connectivity index (χ1v) is 14.3. The predicted octanol–water partition coefficient (Wildman–Crippen LogP) is 1.64. The van der Waals surface area contributed by atoms with E-state index in [4.69, 9.17) is 31.2 Å². The highest BCUT2D eigenvalue weighted by molar-refractivity contribution is 5.91. The van der Waals surface area contributed by atoms with Crippen LogP contribution in [0.25, 0.3) is 0 Å². The fourth-order valence-electron chi connectivity index (χ4n) is 4.39. The molecule has 0 aliphatic carbocycles. The van der Waals surface area contributed by atoms with Gasteiger partial charge in [0, 0.05) is 38.3 Å². The van der Waals surface area contributed by atoms with Crippen LogP contribution >= 0.6 is 0 Å². The Morgan fingerprint density at radius 2 is 1.11 bits per heavy atom. The van der Waals surface area contributed by atoms with Crippen molar-refractivity contribution in [2.75, 3.05) is 36.0 Å². The number of anilines is 2. The summed E-state index contributed by atoms with van der Waals surface area (Å²) in [5.74, 6) is -3.94. The SMILES string of the molecule is CC(C)(C)OC(=O)C1CCN(c2cc(C(N)=O)ncn2)CC1.NC(=O)c1cc(N2CCC(C(=O)O)CC2)ncn1.O=C(O)C(F)(F)F. The minimum atomic E-state index is -5.08. The molecular weight excluding hydrogens is 633 g/mol. The molecule has 2 saturated heterocycles. The van der Waals surface area contributed by atoms with Crippen LogP contribution in [0.2, 0.25) is 0 Å². The van der Waals surface area contributed by atoms with E-state index in [1.165, 1.54) is 18.7 Å². The van der Waals surface area contributed by atoms with Crippen LogP contribution in [0.5, 0.6) is 0 Å². The number of carboxylic acid groups (broad SMARTS) is 2. The van der Waals surface area contributed by atoms with E-state index in [-0.39, 0.29) is 29.2 Å². The Morgan fingerprint density at radius 1 is 0.745 bits per heavy atom. The minimum Gasteiger partial charge on any atom is -0.481 e. The van der Waals surface area contributed by atoms with Crippen molar-refractivity contribution in [2.24, 2.45) is 23.3 Å².